The summed E-state index contributed by atoms with van der Waals surface area (Å²) in [4.78, 5) is 8.02. The smallest absolute Gasteiger partial charge is 0.107 e. The van der Waals surface area contributed by atoms with Crippen LogP contribution in [0.25, 0.3) is 11.0 Å². The Morgan fingerprint density at radius 1 is 1.38 bits per heavy atom. The summed E-state index contributed by atoms with van der Waals surface area (Å²) in [6.45, 7) is 5.11. The molecule has 0 amide bonds. The maximum Gasteiger partial charge on any atom is 0.107 e. The van der Waals surface area contributed by atoms with Gasteiger partial charge in [0.25, 0.3) is 0 Å². The van der Waals surface area contributed by atoms with Crippen molar-refractivity contribution < 1.29 is 0 Å². The third-order valence-electron chi connectivity index (χ3n) is 2.83. The number of aromatic amines is 1. The largest absolute Gasteiger partial charge is 0.342 e. The normalized spacial score (nSPS) is 11.5. The van der Waals surface area contributed by atoms with Crippen LogP contribution in [0.2, 0.25) is 0 Å². The van der Waals surface area contributed by atoms with Crippen molar-refractivity contribution in [3.8, 4) is 0 Å². The van der Waals surface area contributed by atoms with Crippen LogP contribution >= 0.6 is 0 Å². The average Bonchev–Trinajstić information content (AvgIpc) is 2.68. The Kier molecular flexibility index (Phi) is 3.25. The highest BCUT2D eigenvalue weighted by molar-refractivity contribution is 5.79. The van der Waals surface area contributed by atoms with Crippen LogP contribution in [0.15, 0.2) is 18.2 Å². The fourth-order valence-corrected chi connectivity index (χ4v) is 1.96. The number of fused-ring (bicyclic) bond motifs is 1. The summed E-state index contributed by atoms with van der Waals surface area (Å²) in [7, 11) is 0. The predicted octanol–water partition coefficient (Wildman–Crippen LogP) is 2.58. The Balaban J connectivity index is 2.40. The Morgan fingerprint density at radius 3 is 2.88 bits per heavy atom. The third-order valence-corrected chi connectivity index (χ3v) is 2.83. The van der Waals surface area contributed by atoms with Crippen molar-refractivity contribution in [2.45, 2.75) is 32.6 Å². The van der Waals surface area contributed by atoms with E-state index in [2.05, 4.69) is 42.0 Å². The number of nitrogens with one attached hydrogen (secondary N) is 1. The van der Waals surface area contributed by atoms with E-state index in [-0.39, 0.29) is 0 Å². The van der Waals surface area contributed by atoms with Crippen molar-refractivity contribution in [1.29, 1.82) is 0 Å². The lowest BCUT2D eigenvalue weighted by atomic mass is 10.0. The van der Waals surface area contributed by atoms with Gasteiger partial charge in [0.15, 0.2) is 0 Å². The van der Waals surface area contributed by atoms with E-state index in [1.54, 1.807) is 0 Å². The van der Waals surface area contributed by atoms with Crippen molar-refractivity contribution in [2.75, 3.05) is 6.54 Å². The molecule has 0 unspecified atom stereocenters. The van der Waals surface area contributed by atoms with E-state index < -0.39 is 0 Å². The molecule has 16 heavy (non-hydrogen) atoms. The summed E-state index contributed by atoms with van der Waals surface area (Å²) in [6, 6.07) is 6.32. The molecule has 0 aliphatic carbocycles. The molecular weight excluding hydrogens is 198 g/mol. The number of imidazole rings is 1. The van der Waals surface area contributed by atoms with Gasteiger partial charge in [0.1, 0.15) is 5.82 Å². The van der Waals surface area contributed by atoms with Crippen molar-refractivity contribution in [3.05, 3.63) is 29.6 Å². The van der Waals surface area contributed by atoms with Crippen molar-refractivity contribution in [2.24, 2.45) is 5.73 Å². The first-order chi connectivity index (χ1) is 7.72. The lowest BCUT2D eigenvalue weighted by Gasteiger charge is -2.04. The summed E-state index contributed by atoms with van der Waals surface area (Å²) in [5, 5.41) is 0. The summed E-state index contributed by atoms with van der Waals surface area (Å²) in [6.07, 6.45) is 1.92. The maximum absolute atomic E-state index is 5.51. The number of nitrogens with two attached hydrogens (primary N) is 1. The first kappa shape index (κ1) is 11.1. The van der Waals surface area contributed by atoms with Crippen LogP contribution in [0.5, 0.6) is 0 Å². The van der Waals surface area contributed by atoms with Crippen molar-refractivity contribution in [3.63, 3.8) is 0 Å². The van der Waals surface area contributed by atoms with Gasteiger partial charge < -0.3 is 10.7 Å². The van der Waals surface area contributed by atoms with E-state index in [1.807, 2.05) is 0 Å². The number of H-pyrrole nitrogens is 1. The monoisotopic (exact) mass is 217 g/mol. The summed E-state index contributed by atoms with van der Waals surface area (Å²) in [5.41, 5.74) is 9.07. The maximum atomic E-state index is 5.51. The highest BCUT2D eigenvalue weighted by Crippen LogP contribution is 2.23. The van der Waals surface area contributed by atoms with Gasteiger partial charge in [-0.3, -0.25) is 0 Å². The summed E-state index contributed by atoms with van der Waals surface area (Å²) in [5.74, 6) is 1.56. The summed E-state index contributed by atoms with van der Waals surface area (Å²) < 4.78 is 0. The molecule has 0 aliphatic heterocycles. The fraction of sp³-hybridized carbons (Fsp3) is 0.462. The summed E-state index contributed by atoms with van der Waals surface area (Å²) >= 11 is 0. The minimum Gasteiger partial charge on any atom is -0.342 e. The molecule has 86 valence electrons. The lowest BCUT2D eigenvalue weighted by Crippen LogP contribution is -2.01. The molecule has 3 nitrogen and oxygen atoms in total. The molecule has 0 saturated carbocycles. The Morgan fingerprint density at radius 2 is 2.19 bits per heavy atom. The van der Waals surface area contributed by atoms with Crippen LogP contribution in [0.4, 0.5) is 0 Å². The zero-order valence-corrected chi connectivity index (χ0v) is 9.96. The van der Waals surface area contributed by atoms with Crippen LogP contribution in [-0.2, 0) is 6.42 Å². The molecule has 3 N–H and O–H groups in total. The standard InChI is InChI=1S/C13H19N3/c1-9(2)10-5-3-6-11-13(10)16-12(15-11)7-4-8-14/h3,5-6,9H,4,7-8,14H2,1-2H3,(H,15,16). The van der Waals surface area contributed by atoms with Crippen LogP contribution in [0, 0.1) is 0 Å². The Bertz CT molecular complexity index is 471. The van der Waals surface area contributed by atoms with Gasteiger partial charge in [0.2, 0.25) is 0 Å². The average molecular weight is 217 g/mol. The second-order valence-corrected chi connectivity index (χ2v) is 4.47. The predicted molar refractivity (Wildman–Crippen MR) is 67.6 cm³/mol. The molecule has 2 rings (SSSR count). The molecule has 0 atom stereocenters. The van der Waals surface area contributed by atoms with Gasteiger partial charge in [-0.2, -0.15) is 0 Å². The zero-order valence-electron chi connectivity index (χ0n) is 9.96. The number of para-hydroxylation sites is 1. The molecule has 1 aromatic carbocycles. The number of aryl methyl sites for hydroxylation is 1. The van der Waals surface area contributed by atoms with Gasteiger partial charge in [-0.25, -0.2) is 4.98 Å². The molecule has 0 bridgehead atoms. The number of rotatable bonds is 4. The Hall–Kier alpha value is -1.35. The molecule has 0 spiro atoms. The highest BCUT2D eigenvalue weighted by atomic mass is 14.9. The van der Waals surface area contributed by atoms with Gasteiger partial charge in [-0.15, -0.1) is 0 Å². The number of nitrogens with zero attached hydrogens (tertiary/aromatic N) is 1. The molecule has 0 saturated heterocycles. The zero-order chi connectivity index (χ0) is 11.5. The second kappa shape index (κ2) is 4.66. The fourth-order valence-electron chi connectivity index (χ4n) is 1.96. The van der Waals surface area contributed by atoms with E-state index in [0.29, 0.717) is 12.5 Å². The SMILES string of the molecule is CC(C)c1cccc2[nH]c(CCCN)nc12. The van der Waals surface area contributed by atoms with Gasteiger partial charge >= 0.3 is 0 Å². The quantitative estimate of drug-likeness (QED) is 0.827. The van der Waals surface area contributed by atoms with E-state index in [1.165, 1.54) is 5.56 Å². The lowest BCUT2D eigenvalue weighted by molar-refractivity contribution is 0.795. The second-order valence-electron chi connectivity index (χ2n) is 4.47. The van der Waals surface area contributed by atoms with Crippen LogP contribution in [0.3, 0.4) is 0 Å². The molecule has 2 aromatic rings. The number of hydrogen-bond acceptors (Lipinski definition) is 2. The van der Waals surface area contributed by atoms with Crippen LogP contribution in [-0.4, -0.2) is 16.5 Å². The van der Waals surface area contributed by atoms with E-state index in [4.69, 9.17) is 5.73 Å². The number of aromatic nitrogens is 2. The highest BCUT2D eigenvalue weighted by Gasteiger charge is 2.09. The molecule has 1 heterocycles. The van der Waals surface area contributed by atoms with Crippen LogP contribution in [0.1, 0.15) is 37.6 Å². The van der Waals surface area contributed by atoms with E-state index in [9.17, 15) is 0 Å². The third kappa shape index (κ3) is 2.09. The van der Waals surface area contributed by atoms with Crippen molar-refractivity contribution >= 4 is 11.0 Å². The molecular formula is C13H19N3. The first-order valence-electron chi connectivity index (χ1n) is 5.90. The first-order valence-corrected chi connectivity index (χ1v) is 5.90. The van der Waals surface area contributed by atoms with Gasteiger partial charge in [0.05, 0.1) is 11.0 Å². The van der Waals surface area contributed by atoms with E-state index in [0.717, 1.165) is 29.7 Å². The molecule has 1 aromatic heterocycles. The van der Waals surface area contributed by atoms with Gasteiger partial charge in [-0.05, 0) is 30.5 Å². The topological polar surface area (TPSA) is 54.7 Å². The number of benzene rings is 1. The van der Waals surface area contributed by atoms with Gasteiger partial charge in [-0.1, -0.05) is 26.0 Å². The molecule has 0 fully saturated rings. The molecule has 0 radical (unpaired) electrons. The van der Waals surface area contributed by atoms with Crippen LogP contribution < -0.4 is 5.73 Å². The molecule has 3 heteroatoms. The van der Waals surface area contributed by atoms with Crippen molar-refractivity contribution in [1.82, 2.24) is 9.97 Å². The number of hydrogen-bond donors (Lipinski definition) is 2. The van der Waals surface area contributed by atoms with E-state index >= 15 is 0 Å². The Labute approximate surface area is 96.1 Å². The minimum atomic E-state index is 0.509. The minimum absolute atomic E-state index is 0.509. The van der Waals surface area contributed by atoms with Gasteiger partial charge in [0, 0.05) is 6.42 Å². The molecule has 0 aliphatic rings.